The first-order valence-corrected chi connectivity index (χ1v) is 9.86. The molecule has 2 aromatic carbocycles. The Balaban J connectivity index is 1.91. The van der Waals surface area contributed by atoms with Crippen LogP contribution < -0.4 is 5.32 Å². The summed E-state index contributed by atoms with van der Waals surface area (Å²) in [5, 5.41) is 1.29. The van der Waals surface area contributed by atoms with E-state index in [1.54, 1.807) is 12.1 Å². The van der Waals surface area contributed by atoms with E-state index < -0.39 is 32.6 Å². The molecule has 28 heavy (non-hydrogen) atoms. The number of hydrogen-bond donors (Lipinski definition) is 1. The van der Waals surface area contributed by atoms with E-state index >= 15 is 0 Å². The second-order valence-corrected chi connectivity index (χ2v) is 8.09. The second-order valence-electron chi connectivity index (χ2n) is 5.96. The van der Waals surface area contributed by atoms with E-state index in [4.69, 9.17) is 0 Å². The molecule has 0 saturated heterocycles. The molecule has 1 amide bonds. The lowest BCUT2D eigenvalue weighted by molar-refractivity contribution is 0.0949. The Labute approximate surface area is 161 Å². The maximum absolute atomic E-state index is 13.8. The number of pyridine rings is 1. The number of carbonyl (C=O) groups excluding carboxylic acids is 1. The fraction of sp³-hybridized carbons (Fsp3) is 0.100. The van der Waals surface area contributed by atoms with Gasteiger partial charge in [-0.1, -0.05) is 18.2 Å². The van der Waals surface area contributed by atoms with Crippen LogP contribution in [0.1, 0.15) is 21.2 Å². The standard InChI is InChI=1S/C20H16F2N2O3S/c21-15-7-9-16(10-8-15)28(26,27)19(14-4-3-11-23-12-14)13-24-20(25)17-5-1-2-6-18(17)22/h1-12,19H,13H2,(H,24,25). The van der Waals surface area contributed by atoms with Gasteiger partial charge in [0, 0.05) is 18.9 Å². The molecule has 5 nitrogen and oxygen atoms in total. The Hall–Kier alpha value is -3.13. The molecule has 0 fully saturated rings. The van der Waals surface area contributed by atoms with Crippen LogP contribution in [0.3, 0.4) is 0 Å². The van der Waals surface area contributed by atoms with Crippen molar-refractivity contribution in [2.24, 2.45) is 0 Å². The van der Waals surface area contributed by atoms with Crippen LogP contribution in [0.2, 0.25) is 0 Å². The Bertz CT molecular complexity index is 1070. The highest BCUT2D eigenvalue weighted by Crippen LogP contribution is 2.28. The molecule has 1 heterocycles. The SMILES string of the molecule is O=C(NCC(c1cccnc1)S(=O)(=O)c1ccc(F)cc1)c1ccccc1F. The molecule has 8 heteroatoms. The monoisotopic (exact) mass is 402 g/mol. The molecule has 0 radical (unpaired) electrons. The van der Waals surface area contributed by atoms with Crippen molar-refractivity contribution in [2.45, 2.75) is 10.1 Å². The Morgan fingerprint density at radius 1 is 1.00 bits per heavy atom. The fourth-order valence-corrected chi connectivity index (χ4v) is 4.33. The number of aromatic nitrogens is 1. The number of nitrogens with zero attached hydrogens (tertiary/aromatic N) is 1. The summed E-state index contributed by atoms with van der Waals surface area (Å²) < 4.78 is 53.1. The third-order valence-corrected chi connectivity index (χ3v) is 6.26. The minimum Gasteiger partial charge on any atom is -0.350 e. The third kappa shape index (κ3) is 4.23. The number of benzene rings is 2. The topological polar surface area (TPSA) is 76.1 Å². The molecular formula is C20H16F2N2O3S. The minimum atomic E-state index is -3.97. The van der Waals surface area contributed by atoms with Crippen molar-refractivity contribution in [2.75, 3.05) is 6.54 Å². The normalized spacial score (nSPS) is 12.4. The third-order valence-electron chi connectivity index (χ3n) is 4.14. The van der Waals surface area contributed by atoms with E-state index in [2.05, 4.69) is 10.3 Å². The molecule has 1 atom stereocenters. The van der Waals surface area contributed by atoms with Gasteiger partial charge in [0.15, 0.2) is 9.84 Å². The van der Waals surface area contributed by atoms with Crippen molar-refractivity contribution in [3.8, 4) is 0 Å². The molecular weight excluding hydrogens is 386 g/mol. The van der Waals surface area contributed by atoms with Gasteiger partial charge in [0.1, 0.15) is 16.9 Å². The predicted molar refractivity (Wildman–Crippen MR) is 99.3 cm³/mol. The van der Waals surface area contributed by atoms with E-state index in [9.17, 15) is 22.0 Å². The van der Waals surface area contributed by atoms with E-state index in [1.807, 2.05) is 0 Å². The summed E-state index contributed by atoms with van der Waals surface area (Å²) in [5.74, 6) is -2.01. The summed E-state index contributed by atoms with van der Waals surface area (Å²) in [6.07, 6.45) is 2.87. The van der Waals surface area contributed by atoms with Crippen LogP contribution in [0.15, 0.2) is 78.0 Å². The van der Waals surface area contributed by atoms with Crippen LogP contribution in [0.4, 0.5) is 8.78 Å². The minimum absolute atomic E-state index is 0.0945. The van der Waals surface area contributed by atoms with Crippen LogP contribution in [0.25, 0.3) is 0 Å². The summed E-state index contributed by atoms with van der Waals surface area (Å²) in [6.45, 7) is -0.307. The van der Waals surface area contributed by atoms with Crippen molar-refractivity contribution in [3.05, 3.63) is 95.8 Å². The fourth-order valence-electron chi connectivity index (χ4n) is 2.69. The maximum Gasteiger partial charge on any atom is 0.254 e. The van der Waals surface area contributed by atoms with Gasteiger partial charge >= 0.3 is 0 Å². The smallest absolute Gasteiger partial charge is 0.254 e. The summed E-state index contributed by atoms with van der Waals surface area (Å²) in [4.78, 5) is 16.1. The number of carbonyl (C=O) groups is 1. The van der Waals surface area contributed by atoms with Crippen molar-refractivity contribution < 1.29 is 22.0 Å². The number of sulfone groups is 1. The zero-order chi connectivity index (χ0) is 20.1. The molecule has 0 aliphatic rings. The van der Waals surface area contributed by atoms with Gasteiger partial charge in [0.05, 0.1) is 10.5 Å². The number of amides is 1. The average Bonchev–Trinajstić information content (AvgIpc) is 2.69. The summed E-state index contributed by atoms with van der Waals surface area (Å²) in [7, 11) is -3.97. The number of halogens is 2. The van der Waals surface area contributed by atoms with Crippen molar-refractivity contribution >= 4 is 15.7 Å². The van der Waals surface area contributed by atoms with Crippen LogP contribution in [-0.4, -0.2) is 25.9 Å². The molecule has 0 aliphatic heterocycles. The molecule has 1 N–H and O–H groups in total. The predicted octanol–water partition coefficient (Wildman–Crippen LogP) is 3.30. The van der Waals surface area contributed by atoms with Gasteiger partial charge in [-0.15, -0.1) is 0 Å². The van der Waals surface area contributed by atoms with Crippen molar-refractivity contribution in [1.29, 1.82) is 0 Å². The Morgan fingerprint density at radius 2 is 1.71 bits per heavy atom. The van der Waals surface area contributed by atoms with Gasteiger partial charge in [-0.2, -0.15) is 0 Å². The first kappa shape index (κ1) is 19.6. The zero-order valence-electron chi connectivity index (χ0n) is 14.5. The number of hydrogen-bond acceptors (Lipinski definition) is 4. The highest BCUT2D eigenvalue weighted by atomic mass is 32.2. The maximum atomic E-state index is 13.8. The first-order valence-electron chi connectivity index (χ1n) is 8.31. The highest BCUT2D eigenvalue weighted by molar-refractivity contribution is 7.91. The first-order chi connectivity index (χ1) is 13.4. The van der Waals surface area contributed by atoms with Gasteiger partial charge in [-0.3, -0.25) is 9.78 Å². The van der Waals surface area contributed by atoms with Crippen LogP contribution >= 0.6 is 0 Å². The molecule has 3 rings (SSSR count). The van der Waals surface area contributed by atoms with Crippen LogP contribution in [0, 0.1) is 11.6 Å². The molecule has 0 spiro atoms. The molecule has 0 aliphatic carbocycles. The Morgan fingerprint density at radius 3 is 2.36 bits per heavy atom. The van der Waals surface area contributed by atoms with Crippen molar-refractivity contribution in [1.82, 2.24) is 10.3 Å². The van der Waals surface area contributed by atoms with E-state index in [0.717, 1.165) is 30.3 Å². The van der Waals surface area contributed by atoms with E-state index in [1.165, 1.54) is 30.6 Å². The van der Waals surface area contributed by atoms with Gasteiger partial charge < -0.3 is 5.32 Å². The molecule has 3 aromatic rings. The van der Waals surface area contributed by atoms with E-state index in [0.29, 0.717) is 5.56 Å². The summed E-state index contributed by atoms with van der Waals surface area (Å²) in [6, 6.07) is 12.9. The zero-order valence-corrected chi connectivity index (χ0v) is 15.4. The molecule has 0 saturated carbocycles. The quantitative estimate of drug-likeness (QED) is 0.642. The summed E-state index contributed by atoms with van der Waals surface area (Å²) >= 11 is 0. The van der Waals surface area contributed by atoms with Gasteiger partial charge in [0.2, 0.25) is 0 Å². The number of nitrogens with one attached hydrogen (secondary N) is 1. The summed E-state index contributed by atoms with van der Waals surface area (Å²) in [5.41, 5.74) is 0.160. The van der Waals surface area contributed by atoms with Crippen LogP contribution in [-0.2, 0) is 9.84 Å². The van der Waals surface area contributed by atoms with Crippen molar-refractivity contribution in [3.63, 3.8) is 0 Å². The largest absolute Gasteiger partial charge is 0.350 e. The lowest BCUT2D eigenvalue weighted by Crippen LogP contribution is -2.32. The van der Waals surface area contributed by atoms with Gasteiger partial charge in [-0.05, 0) is 48.0 Å². The lowest BCUT2D eigenvalue weighted by Gasteiger charge is -2.19. The highest BCUT2D eigenvalue weighted by Gasteiger charge is 2.30. The Kier molecular flexibility index (Phi) is 5.79. The van der Waals surface area contributed by atoms with Crippen LogP contribution in [0.5, 0.6) is 0 Å². The molecule has 144 valence electrons. The van der Waals surface area contributed by atoms with Gasteiger partial charge in [-0.25, -0.2) is 17.2 Å². The molecule has 1 unspecified atom stereocenters. The van der Waals surface area contributed by atoms with E-state index in [-0.39, 0.29) is 17.0 Å². The van der Waals surface area contributed by atoms with Gasteiger partial charge in [0.25, 0.3) is 5.91 Å². The average molecular weight is 402 g/mol. The lowest BCUT2D eigenvalue weighted by atomic mass is 10.2. The molecule has 1 aromatic heterocycles. The second kappa shape index (κ2) is 8.26. The number of rotatable bonds is 6. The molecule has 0 bridgehead atoms.